The van der Waals surface area contributed by atoms with Gasteiger partial charge in [-0.25, -0.2) is 18.4 Å². The molecule has 1 aromatic carbocycles. The summed E-state index contributed by atoms with van der Waals surface area (Å²) in [6, 6.07) is 15.7. The molecule has 3 atom stereocenters. The molecule has 1 amide bonds. The van der Waals surface area contributed by atoms with Gasteiger partial charge in [-0.15, -0.1) is 0 Å². The van der Waals surface area contributed by atoms with Crippen LogP contribution in [0.5, 0.6) is 0 Å². The van der Waals surface area contributed by atoms with Crippen LogP contribution < -0.4 is 5.73 Å². The molecule has 0 saturated carbocycles. The smallest absolute Gasteiger partial charge is 0.290 e. The molecule has 0 unspecified atom stereocenters. The molecule has 5 aromatic rings. The van der Waals surface area contributed by atoms with Crippen LogP contribution in [-0.4, -0.2) is 61.9 Å². The van der Waals surface area contributed by atoms with E-state index in [1.807, 2.05) is 53.4 Å². The van der Waals surface area contributed by atoms with Crippen molar-refractivity contribution < 1.29 is 13.2 Å². The molecule has 3 N–H and O–H groups in total. The van der Waals surface area contributed by atoms with Gasteiger partial charge in [0.25, 0.3) is 5.91 Å². The maximum absolute atomic E-state index is 13.2. The number of fused-ring (bicyclic) bond motifs is 3. The Hall–Kier alpha value is -4.51. The summed E-state index contributed by atoms with van der Waals surface area (Å²) in [5, 5.41) is 0. The molecular weight excluding hydrogens is 538 g/mol. The number of nitrogens with zero attached hydrogens (tertiary/aromatic N) is 5. The van der Waals surface area contributed by atoms with Gasteiger partial charge in [0, 0.05) is 65.7 Å². The number of aromatic nitrogens is 5. The van der Waals surface area contributed by atoms with Crippen LogP contribution >= 0.6 is 0 Å². The van der Waals surface area contributed by atoms with E-state index in [2.05, 4.69) is 15.0 Å². The van der Waals surface area contributed by atoms with Crippen LogP contribution in [-0.2, 0) is 9.84 Å². The van der Waals surface area contributed by atoms with Gasteiger partial charge in [0.2, 0.25) is 0 Å². The molecule has 2 saturated heterocycles. The highest BCUT2D eigenvalue weighted by atomic mass is 32.2. The Kier molecular flexibility index (Phi) is 5.93. The molecule has 4 aromatic heterocycles. The fourth-order valence-electron chi connectivity index (χ4n) is 6.59. The minimum Gasteiger partial charge on any atom is -0.384 e. The van der Waals surface area contributed by atoms with E-state index >= 15 is 0 Å². The zero-order valence-corrected chi connectivity index (χ0v) is 23.3. The van der Waals surface area contributed by atoms with Crippen molar-refractivity contribution in [3.05, 3.63) is 84.8 Å². The van der Waals surface area contributed by atoms with E-state index in [4.69, 9.17) is 10.7 Å². The number of nitrogen functional groups attached to an aromatic ring is 1. The fourth-order valence-corrected chi connectivity index (χ4v) is 7.66. The number of amides is 1. The summed E-state index contributed by atoms with van der Waals surface area (Å²) >= 11 is 0. The van der Waals surface area contributed by atoms with Crippen molar-refractivity contribution in [1.82, 2.24) is 29.2 Å². The number of imidazole rings is 1. The average Bonchev–Trinajstić information content (AvgIpc) is 3.71. The largest absolute Gasteiger partial charge is 0.384 e. The van der Waals surface area contributed by atoms with Gasteiger partial charge >= 0.3 is 0 Å². The van der Waals surface area contributed by atoms with Gasteiger partial charge in [0.15, 0.2) is 15.7 Å². The van der Waals surface area contributed by atoms with Crippen LogP contribution in [0.1, 0.15) is 47.9 Å². The number of hydrogen-bond acceptors (Lipinski definition) is 7. The predicted molar refractivity (Wildman–Crippen MR) is 155 cm³/mol. The van der Waals surface area contributed by atoms with Crippen LogP contribution in [0.3, 0.4) is 0 Å². The lowest BCUT2D eigenvalue weighted by Gasteiger charge is -2.38. The Balaban J connectivity index is 1.29. The molecule has 0 spiro atoms. The van der Waals surface area contributed by atoms with Crippen molar-refractivity contribution in [2.45, 2.75) is 48.6 Å². The Morgan fingerprint density at radius 3 is 2.39 bits per heavy atom. The second-order valence-electron chi connectivity index (χ2n) is 10.9. The van der Waals surface area contributed by atoms with E-state index in [9.17, 15) is 13.2 Å². The first-order chi connectivity index (χ1) is 19.8. The molecule has 6 heterocycles. The van der Waals surface area contributed by atoms with Crippen molar-refractivity contribution in [3.8, 4) is 22.4 Å². The lowest BCUT2D eigenvalue weighted by Crippen LogP contribution is -2.46. The maximum atomic E-state index is 13.2. The summed E-state index contributed by atoms with van der Waals surface area (Å²) in [4.78, 5) is 31.9. The number of piperidine rings is 1. The van der Waals surface area contributed by atoms with E-state index < -0.39 is 9.84 Å². The van der Waals surface area contributed by atoms with E-state index in [1.165, 1.54) is 6.26 Å². The average molecular weight is 568 g/mol. The Morgan fingerprint density at radius 2 is 1.76 bits per heavy atom. The second-order valence-corrected chi connectivity index (χ2v) is 12.9. The molecule has 2 aliphatic rings. The van der Waals surface area contributed by atoms with Gasteiger partial charge in [0.1, 0.15) is 16.4 Å². The molecular formula is C30H29N7O3S. The maximum Gasteiger partial charge on any atom is 0.290 e. The highest BCUT2D eigenvalue weighted by Gasteiger charge is 2.46. The number of nitrogens with two attached hydrogens (primary N) is 1. The first-order valence-electron chi connectivity index (χ1n) is 13.6. The number of carbonyl (C=O) groups excluding carboxylic acids is 1. The molecule has 0 aliphatic carbocycles. The van der Waals surface area contributed by atoms with Crippen molar-refractivity contribution in [1.29, 1.82) is 0 Å². The lowest BCUT2D eigenvalue weighted by molar-refractivity contribution is 0.0556. The minimum absolute atomic E-state index is 0.0241. The number of benzene rings is 1. The van der Waals surface area contributed by atoms with E-state index in [0.29, 0.717) is 30.0 Å². The number of carbonyl (C=O) groups is 1. The number of sulfone groups is 1. The minimum atomic E-state index is -3.69. The van der Waals surface area contributed by atoms with Crippen LogP contribution in [0.2, 0.25) is 0 Å². The Labute approximate surface area is 237 Å². The van der Waals surface area contributed by atoms with Crippen molar-refractivity contribution in [2.75, 3.05) is 12.0 Å². The number of H-pyrrole nitrogens is 1. The van der Waals surface area contributed by atoms with Gasteiger partial charge in [-0.1, -0.05) is 36.4 Å². The number of aromatic amines is 1. The first-order valence-corrected chi connectivity index (χ1v) is 15.5. The quantitative estimate of drug-likeness (QED) is 0.322. The zero-order valence-electron chi connectivity index (χ0n) is 22.4. The SMILES string of the molecule is CS(=O)(=O)c1c([C@@H]2C[C@H]3CC[C@@H](C2)N3C(=O)c2ncc[nH]2)nc2c(-c3ccc(-c4ccccc4)nc3)ccn2c1N. The molecule has 10 nitrogen and oxygen atoms in total. The summed E-state index contributed by atoms with van der Waals surface area (Å²) in [5.74, 6) is 0.193. The molecule has 0 radical (unpaired) electrons. The van der Waals surface area contributed by atoms with Gasteiger partial charge in [-0.3, -0.25) is 14.2 Å². The second kappa shape index (κ2) is 9.55. The van der Waals surface area contributed by atoms with Gasteiger partial charge in [-0.2, -0.15) is 0 Å². The van der Waals surface area contributed by atoms with Crippen LogP contribution in [0.4, 0.5) is 5.82 Å². The van der Waals surface area contributed by atoms with Crippen LogP contribution in [0.25, 0.3) is 28.0 Å². The number of nitrogens with one attached hydrogen (secondary N) is 1. The fraction of sp³-hybridized carbons (Fsp3) is 0.267. The van der Waals surface area contributed by atoms with Crippen molar-refractivity contribution >= 4 is 27.2 Å². The van der Waals surface area contributed by atoms with E-state index in [1.54, 1.807) is 29.2 Å². The summed E-state index contributed by atoms with van der Waals surface area (Å²) in [7, 11) is -3.69. The predicted octanol–water partition coefficient (Wildman–Crippen LogP) is 4.32. The highest BCUT2D eigenvalue weighted by Crippen LogP contribution is 2.45. The molecule has 2 aliphatic heterocycles. The normalized spacial score (nSPS) is 20.5. The molecule has 11 heteroatoms. The van der Waals surface area contributed by atoms with E-state index in [0.717, 1.165) is 35.2 Å². The Bertz CT molecular complexity index is 1850. The Morgan fingerprint density at radius 1 is 1.00 bits per heavy atom. The monoisotopic (exact) mass is 567 g/mol. The topological polar surface area (TPSA) is 139 Å². The zero-order chi connectivity index (χ0) is 28.3. The van der Waals surface area contributed by atoms with Gasteiger partial charge in [-0.05, 0) is 37.8 Å². The number of rotatable bonds is 5. The molecule has 41 heavy (non-hydrogen) atoms. The summed E-state index contributed by atoms with van der Waals surface area (Å²) in [6.45, 7) is 0. The third kappa shape index (κ3) is 4.28. The standard InChI is InChI=1S/C30H29N7O3S/c1-41(39,40)26-25(20-15-21-8-9-22(16-20)37(21)30(38)28-32-12-13-33-28)35-29-23(11-14-36(29)27(26)31)19-7-10-24(34-17-19)18-5-3-2-4-6-18/h2-7,10-14,17,20-22H,8-9,15-16,31H2,1H3,(H,32,33)/t20-,21-,22+. The van der Waals surface area contributed by atoms with Crippen LogP contribution in [0, 0.1) is 0 Å². The lowest BCUT2D eigenvalue weighted by atomic mass is 9.87. The third-order valence-corrected chi connectivity index (χ3v) is 9.54. The van der Waals surface area contributed by atoms with Gasteiger partial charge in [0.05, 0.1) is 11.4 Å². The molecule has 208 valence electrons. The van der Waals surface area contributed by atoms with E-state index in [-0.39, 0.29) is 34.6 Å². The summed E-state index contributed by atoms with van der Waals surface area (Å²) in [5.41, 5.74) is 11.2. The number of anilines is 1. The highest BCUT2D eigenvalue weighted by molar-refractivity contribution is 7.91. The molecule has 2 bridgehead atoms. The van der Waals surface area contributed by atoms with Crippen molar-refractivity contribution in [2.24, 2.45) is 0 Å². The van der Waals surface area contributed by atoms with Crippen molar-refractivity contribution in [3.63, 3.8) is 0 Å². The summed E-state index contributed by atoms with van der Waals surface area (Å²) in [6.07, 6.45) is 10.9. The summed E-state index contributed by atoms with van der Waals surface area (Å²) < 4.78 is 27.8. The first kappa shape index (κ1) is 25.5. The molecule has 7 rings (SSSR count). The molecule has 2 fully saturated rings. The third-order valence-electron chi connectivity index (χ3n) is 8.38. The number of hydrogen-bond donors (Lipinski definition) is 2. The number of pyridine rings is 1. The van der Waals surface area contributed by atoms with Crippen LogP contribution in [0.15, 0.2) is 78.2 Å². The van der Waals surface area contributed by atoms with Gasteiger partial charge < -0.3 is 15.6 Å².